The predicted octanol–water partition coefficient (Wildman–Crippen LogP) is 4.82. The molecule has 0 radical (unpaired) electrons. The first kappa shape index (κ1) is 22.8. The van der Waals surface area contributed by atoms with E-state index < -0.39 is 5.54 Å². The molecule has 1 N–H and O–H groups in total. The molecule has 1 fully saturated rings. The van der Waals surface area contributed by atoms with E-state index in [2.05, 4.69) is 5.32 Å². The molecule has 2 heterocycles. The number of fused-ring (bicyclic) bond motifs is 3. The Balaban J connectivity index is 1.52. The number of rotatable bonds is 6. The van der Waals surface area contributed by atoms with Crippen LogP contribution in [0.3, 0.4) is 0 Å². The van der Waals surface area contributed by atoms with Gasteiger partial charge < -0.3 is 19.5 Å². The van der Waals surface area contributed by atoms with Gasteiger partial charge in [-0.1, -0.05) is 36.6 Å². The Morgan fingerprint density at radius 3 is 2.59 bits per heavy atom. The molecule has 6 nitrogen and oxygen atoms in total. The molecule has 3 aromatic rings. The zero-order chi connectivity index (χ0) is 23.9. The van der Waals surface area contributed by atoms with Gasteiger partial charge in [-0.15, -0.1) is 0 Å². The van der Waals surface area contributed by atoms with E-state index in [-0.39, 0.29) is 17.9 Å². The lowest BCUT2D eigenvalue weighted by molar-refractivity contribution is -0.133. The van der Waals surface area contributed by atoms with Crippen molar-refractivity contribution < 1.29 is 14.3 Å². The fraction of sp³-hybridized carbons (Fsp3) is 0.407. The van der Waals surface area contributed by atoms with Gasteiger partial charge in [0.15, 0.2) is 0 Å². The number of aromatic nitrogens is 1. The third-order valence-corrected chi connectivity index (χ3v) is 7.61. The van der Waals surface area contributed by atoms with Crippen LogP contribution in [-0.2, 0) is 17.8 Å². The highest BCUT2D eigenvalue weighted by Gasteiger charge is 2.48. The molecule has 5 rings (SSSR count). The molecule has 1 aromatic heterocycles. The average molecular weight is 480 g/mol. The second kappa shape index (κ2) is 8.99. The van der Waals surface area contributed by atoms with E-state index in [4.69, 9.17) is 16.3 Å². The first-order chi connectivity index (χ1) is 16.4. The summed E-state index contributed by atoms with van der Waals surface area (Å²) in [7, 11) is 1.63. The maximum Gasteiger partial charge on any atom is 0.271 e. The molecule has 2 aromatic carbocycles. The minimum atomic E-state index is -1.01. The average Bonchev–Trinajstić information content (AvgIpc) is 3.47. The van der Waals surface area contributed by atoms with E-state index in [1.807, 2.05) is 60.0 Å². The molecule has 1 saturated carbocycles. The predicted molar refractivity (Wildman–Crippen MR) is 133 cm³/mol. The molecule has 0 unspecified atom stereocenters. The SMILES string of the molecule is COc1ccc2cc3n(c2c1)C[C@](C)(C(=O)NC1CCCC1)N(CCc1ccc(Cl)cc1)C3=O. The van der Waals surface area contributed by atoms with Crippen molar-refractivity contribution in [3.63, 3.8) is 0 Å². The Labute approximate surface area is 204 Å². The van der Waals surface area contributed by atoms with Crippen molar-refractivity contribution in [1.82, 2.24) is 14.8 Å². The van der Waals surface area contributed by atoms with Crippen LogP contribution in [0.5, 0.6) is 5.75 Å². The summed E-state index contributed by atoms with van der Waals surface area (Å²) in [5, 5.41) is 4.89. The van der Waals surface area contributed by atoms with Crippen molar-refractivity contribution in [2.75, 3.05) is 13.7 Å². The molecule has 2 amide bonds. The largest absolute Gasteiger partial charge is 0.497 e. The Morgan fingerprint density at radius 2 is 1.88 bits per heavy atom. The van der Waals surface area contributed by atoms with Gasteiger partial charge in [0.25, 0.3) is 5.91 Å². The van der Waals surface area contributed by atoms with Crippen molar-refractivity contribution in [3.8, 4) is 5.75 Å². The van der Waals surface area contributed by atoms with Crippen LogP contribution in [0, 0.1) is 0 Å². The fourth-order valence-electron chi connectivity index (χ4n) is 5.31. The van der Waals surface area contributed by atoms with E-state index in [0.29, 0.717) is 30.2 Å². The molecular formula is C27H30ClN3O3. The maximum atomic E-state index is 13.8. The standard InChI is InChI=1S/C27H30ClN3O3/c1-27(26(33)29-21-5-3-4-6-21)17-30-23-16-22(34-2)12-9-19(23)15-24(30)25(32)31(27)14-13-18-7-10-20(28)11-8-18/h7-12,15-16,21H,3-6,13-14,17H2,1-2H3,(H,29,33)/t27-/m1/s1. The van der Waals surface area contributed by atoms with E-state index in [9.17, 15) is 9.59 Å². The maximum absolute atomic E-state index is 13.8. The summed E-state index contributed by atoms with van der Waals surface area (Å²) in [6.07, 6.45) is 4.90. The highest BCUT2D eigenvalue weighted by atomic mass is 35.5. The number of ether oxygens (including phenoxy) is 1. The lowest BCUT2D eigenvalue weighted by atomic mass is 9.93. The van der Waals surface area contributed by atoms with Gasteiger partial charge in [0, 0.05) is 29.1 Å². The fourth-order valence-corrected chi connectivity index (χ4v) is 5.44. The van der Waals surface area contributed by atoms with E-state index in [0.717, 1.165) is 47.9 Å². The molecule has 2 aliphatic rings. The summed E-state index contributed by atoms with van der Waals surface area (Å²) in [5.41, 5.74) is 1.57. The zero-order valence-electron chi connectivity index (χ0n) is 19.6. The Bertz CT molecular complexity index is 1230. The van der Waals surface area contributed by atoms with Gasteiger partial charge in [-0.05, 0) is 62.1 Å². The molecule has 0 spiro atoms. The van der Waals surface area contributed by atoms with E-state index in [1.165, 1.54) is 0 Å². The minimum absolute atomic E-state index is 0.0840. The van der Waals surface area contributed by atoms with Crippen LogP contribution in [-0.4, -0.2) is 46.5 Å². The molecule has 7 heteroatoms. The Hall–Kier alpha value is -2.99. The molecule has 178 valence electrons. The number of carbonyl (C=O) groups is 2. The van der Waals surface area contributed by atoms with Gasteiger partial charge in [-0.25, -0.2) is 0 Å². The van der Waals surface area contributed by atoms with Gasteiger partial charge in [-0.3, -0.25) is 9.59 Å². The van der Waals surface area contributed by atoms with Gasteiger partial charge in [0.2, 0.25) is 5.91 Å². The normalized spacial score (nSPS) is 20.6. The Kier molecular flexibility index (Phi) is 6.02. The van der Waals surface area contributed by atoms with Crippen molar-refractivity contribution in [1.29, 1.82) is 0 Å². The summed E-state index contributed by atoms with van der Waals surface area (Å²) in [4.78, 5) is 29.3. The highest BCUT2D eigenvalue weighted by molar-refractivity contribution is 6.30. The van der Waals surface area contributed by atoms with Crippen molar-refractivity contribution in [2.24, 2.45) is 0 Å². The van der Waals surface area contributed by atoms with Gasteiger partial charge >= 0.3 is 0 Å². The topological polar surface area (TPSA) is 63.6 Å². The molecular weight excluding hydrogens is 450 g/mol. The summed E-state index contributed by atoms with van der Waals surface area (Å²) in [6, 6.07) is 15.5. The summed E-state index contributed by atoms with van der Waals surface area (Å²) >= 11 is 6.04. The van der Waals surface area contributed by atoms with E-state index in [1.54, 1.807) is 12.0 Å². The molecule has 1 aliphatic heterocycles. The first-order valence-electron chi connectivity index (χ1n) is 11.9. The van der Waals surface area contributed by atoms with Crippen LogP contribution in [0.15, 0.2) is 48.5 Å². The van der Waals surface area contributed by atoms with Gasteiger partial charge in [0.1, 0.15) is 17.0 Å². The van der Waals surface area contributed by atoms with Crippen molar-refractivity contribution in [2.45, 2.75) is 57.2 Å². The lowest BCUT2D eigenvalue weighted by Crippen LogP contribution is -2.65. The smallest absolute Gasteiger partial charge is 0.271 e. The van der Waals surface area contributed by atoms with Crippen LogP contribution in [0.1, 0.15) is 48.7 Å². The lowest BCUT2D eigenvalue weighted by Gasteiger charge is -2.44. The quantitative estimate of drug-likeness (QED) is 0.551. The molecule has 0 bridgehead atoms. The van der Waals surface area contributed by atoms with Crippen molar-refractivity contribution in [3.05, 3.63) is 64.8 Å². The second-order valence-corrected chi connectivity index (χ2v) is 10.0. The molecule has 1 aliphatic carbocycles. The summed E-state index contributed by atoms with van der Waals surface area (Å²) < 4.78 is 7.40. The Morgan fingerprint density at radius 1 is 1.15 bits per heavy atom. The minimum Gasteiger partial charge on any atom is -0.497 e. The zero-order valence-corrected chi connectivity index (χ0v) is 20.4. The summed E-state index contributed by atoms with van der Waals surface area (Å²) in [6.45, 7) is 2.73. The number of benzene rings is 2. The van der Waals surface area contributed by atoms with E-state index >= 15 is 0 Å². The first-order valence-corrected chi connectivity index (χ1v) is 12.3. The second-order valence-electron chi connectivity index (χ2n) is 9.60. The van der Waals surface area contributed by atoms with Crippen LogP contribution in [0.2, 0.25) is 5.02 Å². The summed E-state index contributed by atoms with van der Waals surface area (Å²) in [5.74, 6) is 0.516. The van der Waals surface area contributed by atoms with Gasteiger partial charge in [0.05, 0.1) is 19.2 Å². The number of amides is 2. The molecule has 34 heavy (non-hydrogen) atoms. The number of hydrogen-bond donors (Lipinski definition) is 1. The van der Waals surface area contributed by atoms with Crippen LogP contribution in [0.4, 0.5) is 0 Å². The van der Waals surface area contributed by atoms with Crippen molar-refractivity contribution >= 4 is 34.3 Å². The van der Waals surface area contributed by atoms with Crippen LogP contribution < -0.4 is 10.1 Å². The number of hydrogen-bond acceptors (Lipinski definition) is 3. The monoisotopic (exact) mass is 479 g/mol. The van der Waals surface area contributed by atoms with Crippen LogP contribution >= 0.6 is 11.6 Å². The number of nitrogens with zero attached hydrogens (tertiary/aromatic N) is 2. The van der Waals surface area contributed by atoms with Gasteiger partial charge in [-0.2, -0.15) is 0 Å². The highest BCUT2D eigenvalue weighted by Crippen LogP contribution is 2.34. The number of halogens is 1. The molecule has 1 atom stereocenters. The number of methoxy groups -OCH3 is 1. The molecule has 0 saturated heterocycles. The number of carbonyl (C=O) groups excluding carboxylic acids is 2. The third-order valence-electron chi connectivity index (χ3n) is 7.35. The third kappa shape index (κ3) is 4.05. The van der Waals surface area contributed by atoms with Crippen LogP contribution in [0.25, 0.3) is 10.9 Å². The number of nitrogens with one attached hydrogen (secondary N) is 1.